The third kappa shape index (κ3) is 4.20. The van der Waals surface area contributed by atoms with E-state index < -0.39 is 0 Å². The van der Waals surface area contributed by atoms with Gasteiger partial charge >= 0.3 is 0 Å². The van der Waals surface area contributed by atoms with E-state index in [0.717, 1.165) is 25.2 Å². The quantitative estimate of drug-likeness (QED) is 0.791. The van der Waals surface area contributed by atoms with Crippen molar-refractivity contribution in [2.45, 2.75) is 38.8 Å². The Hall–Kier alpha value is -2.13. The maximum atomic E-state index is 4.42. The standard InChI is InChI=1S/C12H15N3.C8H10/c1-3-10-5-8-15(12(10)14-7-1)9-11-4-2-6-13-11;1-2-8-6-4-3-5-7-8/h1,3,5,7-8,11,13H,2,4,6,9H2;3-7H,2H2,1H3. The number of aryl methyl sites for hydroxylation is 1. The Morgan fingerprint density at radius 2 is 2.00 bits per heavy atom. The highest BCUT2D eigenvalue weighted by Gasteiger charge is 2.15. The number of pyridine rings is 1. The first-order valence-electron chi connectivity index (χ1n) is 8.54. The van der Waals surface area contributed by atoms with Gasteiger partial charge in [0.15, 0.2) is 0 Å². The second-order valence-electron chi connectivity index (χ2n) is 6.02. The van der Waals surface area contributed by atoms with E-state index in [2.05, 4.69) is 64.4 Å². The van der Waals surface area contributed by atoms with E-state index in [9.17, 15) is 0 Å². The van der Waals surface area contributed by atoms with Crippen LogP contribution in [-0.2, 0) is 13.0 Å². The van der Waals surface area contributed by atoms with E-state index >= 15 is 0 Å². The van der Waals surface area contributed by atoms with E-state index in [1.165, 1.54) is 23.8 Å². The van der Waals surface area contributed by atoms with Gasteiger partial charge in [-0.2, -0.15) is 0 Å². The van der Waals surface area contributed by atoms with Gasteiger partial charge in [-0.3, -0.25) is 0 Å². The predicted molar refractivity (Wildman–Crippen MR) is 96.6 cm³/mol. The largest absolute Gasteiger partial charge is 0.331 e. The molecule has 1 unspecified atom stereocenters. The maximum absolute atomic E-state index is 4.42. The maximum Gasteiger partial charge on any atom is 0.139 e. The van der Waals surface area contributed by atoms with Crippen molar-refractivity contribution in [2.24, 2.45) is 0 Å². The van der Waals surface area contributed by atoms with Crippen LogP contribution in [0.3, 0.4) is 0 Å². The summed E-state index contributed by atoms with van der Waals surface area (Å²) in [5.41, 5.74) is 2.51. The van der Waals surface area contributed by atoms with Crippen molar-refractivity contribution >= 4 is 11.0 Å². The van der Waals surface area contributed by atoms with Crippen molar-refractivity contribution in [1.82, 2.24) is 14.9 Å². The Morgan fingerprint density at radius 3 is 2.70 bits per heavy atom. The summed E-state index contributed by atoms with van der Waals surface area (Å²) in [4.78, 5) is 4.42. The molecule has 4 rings (SSSR count). The number of nitrogens with one attached hydrogen (secondary N) is 1. The molecule has 1 aliphatic rings. The number of hydrogen-bond acceptors (Lipinski definition) is 2. The van der Waals surface area contributed by atoms with Gasteiger partial charge in [-0.1, -0.05) is 37.3 Å². The minimum absolute atomic E-state index is 0.627. The molecule has 1 N–H and O–H groups in total. The molecule has 0 bridgehead atoms. The van der Waals surface area contributed by atoms with Crippen LogP contribution in [0.15, 0.2) is 60.9 Å². The molecule has 0 saturated carbocycles. The summed E-state index contributed by atoms with van der Waals surface area (Å²) in [6.07, 6.45) is 7.73. The zero-order valence-corrected chi connectivity index (χ0v) is 13.8. The minimum atomic E-state index is 0.627. The average molecular weight is 307 g/mol. The summed E-state index contributed by atoms with van der Waals surface area (Å²) in [5, 5.41) is 4.74. The Kier molecular flexibility index (Phi) is 5.43. The van der Waals surface area contributed by atoms with E-state index in [0.29, 0.717) is 6.04 Å². The van der Waals surface area contributed by atoms with Crippen molar-refractivity contribution < 1.29 is 0 Å². The van der Waals surface area contributed by atoms with E-state index in [-0.39, 0.29) is 0 Å². The Bertz CT molecular complexity index is 712. The summed E-state index contributed by atoms with van der Waals surface area (Å²) in [5.74, 6) is 0. The lowest BCUT2D eigenvalue weighted by Gasteiger charge is -2.11. The zero-order valence-electron chi connectivity index (χ0n) is 13.8. The molecule has 1 aromatic carbocycles. The van der Waals surface area contributed by atoms with Crippen LogP contribution in [-0.4, -0.2) is 22.1 Å². The molecule has 0 radical (unpaired) electrons. The number of benzene rings is 1. The normalized spacial score (nSPS) is 17.0. The molecule has 0 amide bonds. The van der Waals surface area contributed by atoms with Gasteiger partial charge in [-0.15, -0.1) is 0 Å². The summed E-state index contributed by atoms with van der Waals surface area (Å²) in [6.45, 7) is 4.37. The van der Waals surface area contributed by atoms with Crippen molar-refractivity contribution in [2.75, 3.05) is 6.54 Å². The first-order valence-corrected chi connectivity index (χ1v) is 8.54. The van der Waals surface area contributed by atoms with Gasteiger partial charge in [0, 0.05) is 30.4 Å². The van der Waals surface area contributed by atoms with E-state index in [1.807, 2.05) is 18.3 Å². The van der Waals surface area contributed by atoms with Gasteiger partial charge in [-0.25, -0.2) is 4.98 Å². The molecule has 3 aromatic rings. The number of fused-ring (bicyclic) bond motifs is 1. The van der Waals surface area contributed by atoms with Gasteiger partial charge in [0.05, 0.1) is 0 Å². The fraction of sp³-hybridized carbons (Fsp3) is 0.350. The van der Waals surface area contributed by atoms with Crippen molar-refractivity contribution in [3.63, 3.8) is 0 Å². The highest BCUT2D eigenvalue weighted by molar-refractivity contribution is 5.75. The molecule has 0 spiro atoms. The molecule has 3 nitrogen and oxygen atoms in total. The van der Waals surface area contributed by atoms with Crippen LogP contribution in [0.2, 0.25) is 0 Å². The van der Waals surface area contributed by atoms with Gasteiger partial charge in [-0.05, 0) is 49.6 Å². The molecule has 23 heavy (non-hydrogen) atoms. The first-order chi connectivity index (χ1) is 11.4. The highest BCUT2D eigenvalue weighted by Crippen LogP contribution is 2.15. The summed E-state index contributed by atoms with van der Waals surface area (Å²) in [7, 11) is 0. The van der Waals surface area contributed by atoms with Crippen LogP contribution >= 0.6 is 0 Å². The molecule has 1 atom stereocenters. The van der Waals surface area contributed by atoms with Gasteiger partial charge in [0.2, 0.25) is 0 Å². The smallest absolute Gasteiger partial charge is 0.139 e. The van der Waals surface area contributed by atoms with Gasteiger partial charge in [0.1, 0.15) is 5.65 Å². The molecule has 1 saturated heterocycles. The Balaban J connectivity index is 0.000000166. The molecule has 3 heteroatoms. The number of hydrogen-bond donors (Lipinski definition) is 1. The van der Waals surface area contributed by atoms with Crippen molar-refractivity contribution in [3.8, 4) is 0 Å². The topological polar surface area (TPSA) is 29.9 Å². The molecule has 1 aliphatic heterocycles. The summed E-state index contributed by atoms with van der Waals surface area (Å²) < 4.78 is 2.25. The predicted octanol–water partition coefficient (Wildman–Crippen LogP) is 4.04. The Labute approximate surface area is 138 Å². The molecular weight excluding hydrogens is 282 g/mol. The van der Waals surface area contributed by atoms with Gasteiger partial charge in [0.25, 0.3) is 0 Å². The Morgan fingerprint density at radius 1 is 1.13 bits per heavy atom. The monoisotopic (exact) mass is 307 g/mol. The SMILES string of the molecule is CCc1ccccc1.c1cnc2c(c1)ccn2CC1CCCN1. The van der Waals surface area contributed by atoms with Crippen LogP contribution in [0.1, 0.15) is 25.3 Å². The summed E-state index contributed by atoms with van der Waals surface area (Å²) >= 11 is 0. The van der Waals surface area contributed by atoms with Crippen LogP contribution in [0.4, 0.5) is 0 Å². The fourth-order valence-corrected chi connectivity index (χ4v) is 3.03. The molecule has 0 aliphatic carbocycles. The van der Waals surface area contributed by atoms with Gasteiger partial charge < -0.3 is 9.88 Å². The lowest BCUT2D eigenvalue weighted by molar-refractivity contribution is 0.517. The lowest BCUT2D eigenvalue weighted by atomic mass is 10.2. The second kappa shape index (κ2) is 7.93. The lowest BCUT2D eigenvalue weighted by Crippen LogP contribution is -2.26. The van der Waals surface area contributed by atoms with Crippen molar-refractivity contribution in [3.05, 3.63) is 66.5 Å². The fourth-order valence-electron chi connectivity index (χ4n) is 3.03. The van der Waals surface area contributed by atoms with Crippen LogP contribution in [0, 0.1) is 0 Å². The summed E-state index contributed by atoms with van der Waals surface area (Å²) in [6, 6.07) is 17.3. The number of aromatic nitrogens is 2. The third-order valence-corrected chi connectivity index (χ3v) is 4.35. The molecule has 1 fully saturated rings. The van der Waals surface area contributed by atoms with Crippen LogP contribution in [0.5, 0.6) is 0 Å². The second-order valence-corrected chi connectivity index (χ2v) is 6.02. The van der Waals surface area contributed by atoms with Crippen LogP contribution < -0.4 is 5.32 Å². The van der Waals surface area contributed by atoms with Crippen molar-refractivity contribution in [1.29, 1.82) is 0 Å². The average Bonchev–Trinajstić information content (AvgIpc) is 3.27. The molecule has 3 heterocycles. The minimum Gasteiger partial charge on any atom is -0.331 e. The number of rotatable bonds is 3. The third-order valence-electron chi connectivity index (χ3n) is 4.35. The van der Waals surface area contributed by atoms with E-state index in [1.54, 1.807) is 0 Å². The first kappa shape index (κ1) is 15.8. The van der Waals surface area contributed by atoms with Crippen LogP contribution in [0.25, 0.3) is 11.0 Å². The number of nitrogens with zero attached hydrogens (tertiary/aromatic N) is 2. The zero-order chi connectivity index (χ0) is 15.9. The molecule has 120 valence electrons. The highest BCUT2D eigenvalue weighted by atomic mass is 15.1. The van der Waals surface area contributed by atoms with E-state index in [4.69, 9.17) is 0 Å². The molecule has 2 aromatic heterocycles. The molecular formula is C20H25N3.